The van der Waals surface area contributed by atoms with E-state index in [1.165, 1.54) is 16.7 Å². The Morgan fingerprint density at radius 1 is 0.944 bits per heavy atom. The van der Waals surface area contributed by atoms with E-state index in [-0.39, 0.29) is 18.6 Å². The molecule has 6 heteroatoms. The molecule has 1 aliphatic rings. The van der Waals surface area contributed by atoms with E-state index in [1.807, 2.05) is 24.3 Å². The molecule has 2 unspecified atom stereocenters. The maximum atomic E-state index is 13.6. The molecule has 3 aromatic carbocycles. The zero-order valence-corrected chi connectivity index (χ0v) is 22.1. The van der Waals surface area contributed by atoms with Crippen LogP contribution in [-0.2, 0) is 11.2 Å². The summed E-state index contributed by atoms with van der Waals surface area (Å²) >= 11 is 6.09. The van der Waals surface area contributed by atoms with Gasteiger partial charge in [0, 0.05) is 36.8 Å². The standard InChI is InChI=1S/C30H36ClN3O2/c1-21-8-12-24(13-9-21)16-28(29(36)34-18-30(17-31,19-34)20-35)33-27-7-5-4-6-26(27)32-23(3)25-14-10-22(2)11-15-25/h4-15,23,28,32-33,35H,16-20H2,1-3H3. The number of hydrogen-bond donors (Lipinski definition) is 3. The summed E-state index contributed by atoms with van der Waals surface area (Å²) in [6.07, 6.45) is 0.560. The number of hydrogen-bond acceptors (Lipinski definition) is 4. The van der Waals surface area contributed by atoms with Gasteiger partial charge in [0.05, 0.1) is 18.0 Å². The monoisotopic (exact) mass is 505 g/mol. The van der Waals surface area contributed by atoms with E-state index >= 15 is 0 Å². The number of halogens is 1. The Labute approximate surface area is 219 Å². The lowest BCUT2D eigenvalue weighted by molar-refractivity contribution is -0.145. The van der Waals surface area contributed by atoms with Crippen molar-refractivity contribution in [2.24, 2.45) is 5.41 Å². The third kappa shape index (κ3) is 6.03. The number of carbonyl (C=O) groups is 1. The lowest BCUT2D eigenvalue weighted by Gasteiger charge is -2.49. The summed E-state index contributed by atoms with van der Waals surface area (Å²) in [5.41, 5.74) is 6.15. The van der Waals surface area contributed by atoms with Crippen LogP contribution in [0.4, 0.5) is 11.4 Å². The van der Waals surface area contributed by atoms with Crippen molar-refractivity contribution in [1.82, 2.24) is 4.90 Å². The number of aliphatic hydroxyl groups excluding tert-OH is 1. The molecule has 0 aromatic heterocycles. The minimum atomic E-state index is -0.447. The van der Waals surface area contributed by atoms with Crippen LogP contribution in [0.25, 0.3) is 0 Å². The zero-order chi connectivity index (χ0) is 25.7. The summed E-state index contributed by atoms with van der Waals surface area (Å²) in [5, 5.41) is 16.9. The van der Waals surface area contributed by atoms with Gasteiger partial charge in [0.15, 0.2) is 0 Å². The van der Waals surface area contributed by atoms with Crippen molar-refractivity contribution in [2.75, 3.05) is 36.2 Å². The molecule has 0 spiro atoms. The Hall–Kier alpha value is -3.02. The highest BCUT2D eigenvalue weighted by Crippen LogP contribution is 2.33. The second-order valence-electron chi connectivity index (χ2n) is 10.2. The van der Waals surface area contributed by atoms with Crippen molar-refractivity contribution in [3.63, 3.8) is 0 Å². The summed E-state index contributed by atoms with van der Waals surface area (Å²) in [6.45, 7) is 7.21. The van der Waals surface area contributed by atoms with E-state index in [9.17, 15) is 9.90 Å². The third-order valence-corrected chi connectivity index (χ3v) is 7.61. The average molecular weight is 506 g/mol. The van der Waals surface area contributed by atoms with Crippen LogP contribution in [-0.4, -0.2) is 47.5 Å². The van der Waals surface area contributed by atoms with Gasteiger partial charge in [-0.3, -0.25) is 4.79 Å². The molecule has 3 aromatic rings. The zero-order valence-electron chi connectivity index (χ0n) is 21.3. The number of carbonyl (C=O) groups excluding carboxylic acids is 1. The number of para-hydroxylation sites is 2. The van der Waals surface area contributed by atoms with Gasteiger partial charge in [0.25, 0.3) is 0 Å². The van der Waals surface area contributed by atoms with E-state index < -0.39 is 11.5 Å². The van der Waals surface area contributed by atoms with Gasteiger partial charge in [-0.2, -0.15) is 0 Å². The van der Waals surface area contributed by atoms with Crippen LogP contribution >= 0.6 is 11.6 Å². The van der Waals surface area contributed by atoms with Gasteiger partial charge < -0.3 is 20.6 Å². The van der Waals surface area contributed by atoms with Crippen molar-refractivity contribution in [2.45, 2.75) is 39.3 Å². The van der Waals surface area contributed by atoms with Crippen molar-refractivity contribution in [3.05, 3.63) is 95.1 Å². The minimum absolute atomic E-state index is 0.0139. The predicted molar refractivity (Wildman–Crippen MR) is 149 cm³/mol. The average Bonchev–Trinajstić information content (AvgIpc) is 2.86. The Bertz CT molecular complexity index is 1150. The molecule has 36 heavy (non-hydrogen) atoms. The molecule has 0 bridgehead atoms. The summed E-state index contributed by atoms with van der Waals surface area (Å²) < 4.78 is 0. The number of rotatable bonds is 10. The van der Waals surface area contributed by atoms with Crippen LogP contribution in [0.5, 0.6) is 0 Å². The fourth-order valence-electron chi connectivity index (χ4n) is 4.62. The first kappa shape index (κ1) is 26.1. The van der Waals surface area contributed by atoms with E-state index in [2.05, 4.69) is 79.9 Å². The number of likely N-dealkylation sites (tertiary alicyclic amines) is 1. The molecule has 1 saturated heterocycles. The highest BCUT2D eigenvalue weighted by Gasteiger charge is 2.45. The van der Waals surface area contributed by atoms with Crippen LogP contribution in [0, 0.1) is 19.3 Å². The fourth-order valence-corrected chi connectivity index (χ4v) is 4.87. The molecule has 1 heterocycles. The van der Waals surface area contributed by atoms with Crippen molar-refractivity contribution >= 4 is 28.9 Å². The van der Waals surface area contributed by atoms with Gasteiger partial charge in [-0.25, -0.2) is 0 Å². The minimum Gasteiger partial charge on any atom is -0.396 e. The van der Waals surface area contributed by atoms with E-state index in [4.69, 9.17) is 11.6 Å². The molecule has 0 radical (unpaired) electrons. The molecule has 1 aliphatic heterocycles. The second-order valence-corrected chi connectivity index (χ2v) is 10.5. The molecule has 1 fully saturated rings. The van der Waals surface area contributed by atoms with Gasteiger partial charge in [0.1, 0.15) is 6.04 Å². The molecule has 0 aliphatic carbocycles. The molecule has 4 rings (SSSR count). The quantitative estimate of drug-likeness (QED) is 0.316. The second kappa shape index (κ2) is 11.4. The maximum Gasteiger partial charge on any atom is 0.245 e. The van der Waals surface area contributed by atoms with Crippen molar-refractivity contribution in [1.29, 1.82) is 0 Å². The van der Waals surface area contributed by atoms with Gasteiger partial charge in [-0.15, -0.1) is 11.6 Å². The van der Waals surface area contributed by atoms with Gasteiger partial charge in [-0.1, -0.05) is 71.8 Å². The first-order valence-corrected chi connectivity index (χ1v) is 13.1. The number of nitrogens with zero attached hydrogens (tertiary/aromatic N) is 1. The van der Waals surface area contributed by atoms with Crippen LogP contribution in [0.3, 0.4) is 0 Å². The van der Waals surface area contributed by atoms with Crippen LogP contribution < -0.4 is 10.6 Å². The lowest BCUT2D eigenvalue weighted by atomic mass is 9.82. The third-order valence-electron chi connectivity index (χ3n) is 7.05. The summed E-state index contributed by atoms with van der Waals surface area (Å²) in [7, 11) is 0. The fraction of sp³-hybridized carbons (Fsp3) is 0.367. The van der Waals surface area contributed by atoms with Crippen LogP contribution in [0.15, 0.2) is 72.8 Å². The number of amides is 1. The molecular formula is C30H36ClN3O2. The molecular weight excluding hydrogens is 470 g/mol. The lowest BCUT2D eigenvalue weighted by Crippen LogP contribution is -2.63. The topological polar surface area (TPSA) is 64.6 Å². The molecule has 0 saturated carbocycles. The molecule has 5 nitrogen and oxygen atoms in total. The largest absolute Gasteiger partial charge is 0.396 e. The van der Waals surface area contributed by atoms with Crippen LogP contribution in [0.2, 0.25) is 0 Å². The number of nitrogens with one attached hydrogen (secondary N) is 2. The van der Waals surface area contributed by atoms with E-state index in [0.717, 1.165) is 16.9 Å². The summed E-state index contributed by atoms with van der Waals surface area (Å²) in [6, 6.07) is 24.5. The molecule has 2 atom stereocenters. The molecule has 3 N–H and O–H groups in total. The van der Waals surface area contributed by atoms with E-state index in [0.29, 0.717) is 25.4 Å². The molecule has 1 amide bonds. The SMILES string of the molecule is Cc1ccc(CC(Nc2ccccc2NC(C)c2ccc(C)cc2)C(=O)N2CC(CO)(CCl)C2)cc1. The Morgan fingerprint density at radius 3 is 2.06 bits per heavy atom. The smallest absolute Gasteiger partial charge is 0.245 e. The normalized spacial score (nSPS) is 16.1. The number of alkyl halides is 1. The number of aliphatic hydroxyl groups is 1. The Kier molecular flexibility index (Phi) is 8.22. The highest BCUT2D eigenvalue weighted by molar-refractivity contribution is 6.18. The van der Waals surface area contributed by atoms with Crippen LogP contribution in [0.1, 0.15) is 35.2 Å². The van der Waals surface area contributed by atoms with Gasteiger partial charge >= 0.3 is 0 Å². The molecule has 190 valence electrons. The summed E-state index contributed by atoms with van der Waals surface area (Å²) in [5.74, 6) is 0.360. The number of benzene rings is 3. The first-order valence-electron chi connectivity index (χ1n) is 12.5. The van der Waals surface area contributed by atoms with Crippen molar-refractivity contribution in [3.8, 4) is 0 Å². The van der Waals surface area contributed by atoms with E-state index in [1.54, 1.807) is 4.90 Å². The number of anilines is 2. The highest BCUT2D eigenvalue weighted by atomic mass is 35.5. The van der Waals surface area contributed by atoms with Gasteiger partial charge in [-0.05, 0) is 44.0 Å². The predicted octanol–water partition coefficient (Wildman–Crippen LogP) is 5.56. The Morgan fingerprint density at radius 2 is 1.50 bits per heavy atom. The Balaban J connectivity index is 1.55. The van der Waals surface area contributed by atoms with Crippen molar-refractivity contribution < 1.29 is 9.90 Å². The van der Waals surface area contributed by atoms with Gasteiger partial charge in [0.2, 0.25) is 5.91 Å². The summed E-state index contributed by atoms with van der Waals surface area (Å²) in [4.78, 5) is 15.4. The first-order chi connectivity index (χ1) is 17.3. The number of aryl methyl sites for hydroxylation is 2. The maximum absolute atomic E-state index is 13.6.